The van der Waals surface area contributed by atoms with Crippen LogP contribution >= 0.6 is 0 Å². The van der Waals surface area contributed by atoms with Crippen molar-refractivity contribution in [2.75, 3.05) is 0 Å². The van der Waals surface area contributed by atoms with Gasteiger partial charge < -0.3 is 5.73 Å². The lowest BCUT2D eigenvalue weighted by atomic mass is 10.1. The van der Waals surface area contributed by atoms with Crippen molar-refractivity contribution in [2.45, 2.75) is 32.1 Å². The molecule has 0 amide bonds. The Morgan fingerprint density at radius 3 is 2.46 bits per heavy atom. The fraction of sp³-hybridized carbons (Fsp3) is 0.417. The van der Waals surface area contributed by atoms with E-state index in [1.807, 2.05) is 0 Å². The van der Waals surface area contributed by atoms with Crippen molar-refractivity contribution in [3.8, 4) is 0 Å². The van der Waals surface area contributed by atoms with Gasteiger partial charge in [0, 0.05) is 6.54 Å². The predicted octanol–water partition coefficient (Wildman–Crippen LogP) is 2.91. The van der Waals surface area contributed by atoms with Gasteiger partial charge in [-0.15, -0.1) is 0 Å². The van der Waals surface area contributed by atoms with Crippen molar-refractivity contribution >= 4 is 0 Å². The van der Waals surface area contributed by atoms with Gasteiger partial charge in [0.2, 0.25) is 0 Å². The summed E-state index contributed by atoms with van der Waals surface area (Å²) in [5, 5.41) is 0. The molecular formula is C12H18N. The first-order valence-electron chi connectivity index (χ1n) is 5.01. The van der Waals surface area contributed by atoms with Crippen LogP contribution in [0.25, 0.3) is 0 Å². The molecule has 1 aromatic carbocycles. The van der Waals surface area contributed by atoms with Gasteiger partial charge in [-0.3, -0.25) is 0 Å². The van der Waals surface area contributed by atoms with Gasteiger partial charge in [0.1, 0.15) is 0 Å². The normalized spacial score (nSPS) is 10.2. The molecule has 2 N–H and O–H groups in total. The molecule has 0 atom stereocenters. The van der Waals surface area contributed by atoms with E-state index in [-0.39, 0.29) is 0 Å². The molecule has 0 spiro atoms. The molecule has 0 saturated heterocycles. The Balaban J connectivity index is 2.07. The third-order valence-electron chi connectivity index (χ3n) is 2.18. The van der Waals surface area contributed by atoms with Crippen molar-refractivity contribution in [2.24, 2.45) is 5.73 Å². The molecule has 71 valence electrons. The summed E-state index contributed by atoms with van der Waals surface area (Å²) < 4.78 is 0. The summed E-state index contributed by atoms with van der Waals surface area (Å²) in [6.07, 6.45) is 6.03. The largest absolute Gasteiger partial charge is 0.326 e. The van der Waals surface area contributed by atoms with E-state index in [0.29, 0.717) is 0 Å². The molecule has 1 aromatic rings. The van der Waals surface area contributed by atoms with Crippen LogP contribution in [-0.4, -0.2) is 0 Å². The van der Waals surface area contributed by atoms with Crippen LogP contribution < -0.4 is 5.73 Å². The number of nitrogens with two attached hydrogens (primary N) is 1. The summed E-state index contributed by atoms with van der Waals surface area (Å²) in [6.45, 7) is 1.75. The number of hydrogen-bond acceptors (Lipinski definition) is 1. The van der Waals surface area contributed by atoms with Crippen LogP contribution in [0, 0.1) is 6.54 Å². The Hall–Kier alpha value is -0.820. The molecule has 0 bridgehead atoms. The monoisotopic (exact) mass is 176 g/mol. The first-order valence-corrected chi connectivity index (χ1v) is 5.01. The highest BCUT2D eigenvalue weighted by Gasteiger charge is 1.91. The number of unbranched alkanes of at least 4 members (excludes halogenated alkanes) is 3. The molecular weight excluding hydrogens is 158 g/mol. The summed E-state index contributed by atoms with van der Waals surface area (Å²) in [5.41, 5.74) is 6.74. The molecule has 0 fully saturated rings. The lowest BCUT2D eigenvalue weighted by molar-refractivity contribution is 0.671. The zero-order valence-corrected chi connectivity index (χ0v) is 8.08. The third kappa shape index (κ3) is 4.69. The van der Waals surface area contributed by atoms with Crippen LogP contribution in [0.2, 0.25) is 0 Å². The Morgan fingerprint density at radius 1 is 1.00 bits per heavy atom. The van der Waals surface area contributed by atoms with E-state index >= 15 is 0 Å². The first kappa shape index (κ1) is 10.3. The van der Waals surface area contributed by atoms with E-state index in [0.717, 1.165) is 6.42 Å². The van der Waals surface area contributed by atoms with Crippen LogP contribution in [0.3, 0.4) is 0 Å². The van der Waals surface area contributed by atoms with Gasteiger partial charge >= 0.3 is 0 Å². The Kier molecular flexibility index (Phi) is 5.27. The first-order chi connectivity index (χ1) is 6.43. The quantitative estimate of drug-likeness (QED) is 0.663. The van der Waals surface area contributed by atoms with Crippen LogP contribution in [0.15, 0.2) is 30.3 Å². The van der Waals surface area contributed by atoms with Gasteiger partial charge in [-0.25, -0.2) is 0 Å². The molecule has 0 saturated carbocycles. The van der Waals surface area contributed by atoms with Crippen LogP contribution in [0.5, 0.6) is 0 Å². The van der Waals surface area contributed by atoms with Crippen molar-refractivity contribution in [1.82, 2.24) is 0 Å². The second-order valence-corrected chi connectivity index (χ2v) is 3.32. The SMILES string of the molecule is N[CH]CCCCCc1ccccc1. The van der Waals surface area contributed by atoms with Gasteiger partial charge in [-0.2, -0.15) is 0 Å². The lowest BCUT2D eigenvalue weighted by Crippen LogP contribution is -1.90. The number of aryl methyl sites for hydroxylation is 1. The highest BCUT2D eigenvalue weighted by atomic mass is 14.5. The third-order valence-corrected chi connectivity index (χ3v) is 2.18. The van der Waals surface area contributed by atoms with E-state index in [1.165, 1.54) is 31.2 Å². The number of hydrogen-bond donors (Lipinski definition) is 1. The maximum Gasteiger partial charge on any atom is 0.0192 e. The molecule has 0 aromatic heterocycles. The summed E-state index contributed by atoms with van der Waals surface area (Å²) in [6, 6.07) is 10.6. The second-order valence-electron chi connectivity index (χ2n) is 3.32. The molecule has 1 radical (unpaired) electrons. The maximum atomic E-state index is 5.30. The van der Waals surface area contributed by atoms with E-state index < -0.39 is 0 Å². The summed E-state index contributed by atoms with van der Waals surface area (Å²) in [7, 11) is 0. The Morgan fingerprint density at radius 2 is 1.77 bits per heavy atom. The molecule has 0 aliphatic heterocycles. The standard InChI is InChI=1S/C12H18N/c13-11-7-2-1-4-8-12-9-5-3-6-10-12/h3,5-6,9-11H,1-2,4,7-8,13H2. The Bertz CT molecular complexity index is 206. The van der Waals surface area contributed by atoms with Gasteiger partial charge in [0.25, 0.3) is 0 Å². The molecule has 1 nitrogen and oxygen atoms in total. The fourth-order valence-electron chi connectivity index (χ4n) is 1.41. The zero-order valence-electron chi connectivity index (χ0n) is 8.08. The number of rotatable bonds is 6. The van der Waals surface area contributed by atoms with Gasteiger partial charge in [-0.05, 0) is 24.8 Å². The summed E-state index contributed by atoms with van der Waals surface area (Å²) in [5.74, 6) is 0. The van der Waals surface area contributed by atoms with Crippen LogP contribution in [0.4, 0.5) is 0 Å². The summed E-state index contributed by atoms with van der Waals surface area (Å²) >= 11 is 0. The van der Waals surface area contributed by atoms with Crippen LogP contribution in [-0.2, 0) is 6.42 Å². The molecule has 1 heteroatoms. The molecule has 13 heavy (non-hydrogen) atoms. The zero-order chi connectivity index (χ0) is 9.36. The minimum atomic E-state index is 1.05. The Labute approximate surface area is 81.0 Å². The van der Waals surface area contributed by atoms with Gasteiger partial charge in [0.15, 0.2) is 0 Å². The fourth-order valence-corrected chi connectivity index (χ4v) is 1.41. The highest BCUT2D eigenvalue weighted by molar-refractivity contribution is 5.14. The second kappa shape index (κ2) is 6.67. The predicted molar refractivity (Wildman–Crippen MR) is 57.1 cm³/mol. The van der Waals surface area contributed by atoms with Crippen molar-refractivity contribution < 1.29 is 0 Å². The van der Waals surface area contributed by atoms with Crippen molar-refractivity contribution in [3.63, 3.8) is 0 Å². The van der Waals surface area contributed by atoms with Crippen LogP contribution in [0.1, 0.15) is 31.2 Å². The molecule has 0 aliphatic rings. The van der Waals surface area contributed by atoms with E-state index in [1.54, 1.807) is 6.54 Å². The molecule has 0 aliphatic carbocycles. The van der Waals surface area contributed by atoms with E-state index in [4.69, 9.17) is 5.73 Å². The molecule has 1 rings (SSSR count). The average molecular weight is 176 g/mol. The number of benzene rings is 1. The van der Waals surface area contributed by atoms with Crippen molar-refractivity contribution in [1.29, 1.82) is 0 Å². The average Bonchev–Trinajstić information content (AvgIpc) is 2.19. The molecule has 0 heterocycles. The van der Waals surface area contributed by atoms with Crippen molar-refractivity contribution in [3.05, 3.63) is 42.4 Å². The highest BCUT2D eigenvalue weighted by Crippen LogP contribution is 2.07. The maximum absolute atomic E-state index is 5.30. The van der Waals surface area contributed by atoms with Gasteiger partial charge in [-0.1, -0.05) is 43.2 Å². The minimum absolute atomic E-state index is 1.05. The summed E-state index contributed by atoms with van der Waals surface area (Å²) in [4.78, 5) is 0. The molecule has 0 unspecified atom stereocenters. The topological polar surface area (TPSA) is 26.0 Å². The minimum Gasteiger partial charge on any atom is -0.326 e. The van der Waals surface area contributed by atoms with Gasteiger partial charge in [0.05, 0.1) is 0 Å². The lowest BCUT2D eigenvalue weighted by Gasteiger charge is -2.00. The van der Waals surface area contributed by atoms with E-state index in [9.17, 15) is 0 Å². The van der Waals surface area contributed by atoms with E-state index in [2.05, 4.69) is 30.3 Å². The smallest absolute Gasteiger partial charge is 0.0192 e.